The minimum absolute atomic E-state index is 0.382. The average molecular weight is 235 g/mol. The minimum atomic E-state index is 0.382. The zero-order valence-corrected chi connectivity index (χ0v) is 11.5. The summed E-state index contributed by atoms with van der Waals surface area (Å²) < 4.78 is 5.43. The molecule has 0 saturated carbocycles. The molecule has 0 aromatic heterocycles. The summed E-state index contributed by atoms with van der Waals surface area (Å²) in [5.74, 6) is 0.982. The molecule has 0 aliphatic rings. The minimum Gasteiger partial charge on any atom is -0.496 e. The number of hydrogen-bond acceptors (Lipinski definition) is 2. The quantitative estimate of drug-likeness (QED) is 0.773. The van der Waals surface area contributed by atoms with Gasteiger partial charge in [0.05, 0.1) is 7.11 Å². The molecule has 0 radical (unpaired) electrons. The van der Waals surface area contributed by atoms with Crippen molar-refractivity contribution >= 4 is 0 Å². The summed E-state index contributed by atoms with van der Waals surface area (Å²) in [6.07, 6.45) is 3.51. The number of methoxy groups -OCH3 is 1. The fourth-order valence-electron chi connectivity index (χ4n) is 2.24. The third-order valence-electron chi connectivity index (χ3n) is 3.13. The SMILES string of the molecule is CCCC(C)NC(CC)c1ccccc1OC. The maximum atomic E-state index is 5.43. The van der Waals surface area contributed by atoms with Crippen LogP contribution >= 0.6 is 0 Å². The van der Waals surface area contributed by atoms with Crippen molar-refractivity contribution < 1.29 is 4.74 Å². The Hall–Kier alpha value is -1.02. The van der Waals surface area contributed by atoms with Crippen LogP contribution in [0.3, 0.4) is 0 Å². The van der Waals surface area contributed by atoms with Gasteiger partial charge in [-0.25, -0.2) is 0 Å². The highest BCUT2D eigenvalue weighted by Gasteiger charge is 2.15. The fourth-order valence-corrected chi connectivity index (χ4v) is 2.24. The van der Waals surface area contributed by atoms with E-state index in [0.717, 1.165) is 12.2 Å². The predicted molar refractivity (Wildman–Crippen MR) is 73.5 cm³/mol. The van der Waals surface area contributed by atoms with E-state index in [2.05, 4.69) is 38.2 Å². The third-order valence-corrected chi connectivity index (χ3v) is 3.13. The predicted octanol–water partition coefficient (Wildman–Crippen LogP) is 3.92. The smallest absolute Gasteiger partial charge is 0.123 e. The topological polar surface area (TPSA) is 21.3 Å². The van der Waals surface area contributed by atoms with E-state index in [0.29, 0.717) is 12.1 Å². The van der Waals surface area contributed by atoms with Gasteiger partial charge in [0, 0.05) is 17.6 Å². The van der Waals surface area contributed by atoms with Crippen molar-refractivity contribution in [2.75, 3.05) is 7.11 Å². The molecule has 96 valence electrons. The second-order valence-electron chi connectivity index (χ2n) is 4.56. The van der Waals surface area contributed by atoms with E-state index in [1.165, 1.54) is 18.4 Å². The van der Waals surface area contributed by atoms with E-state index in [9.17, 15) is 0 Å². The summed E-state index contributed by atoms with van der Waals surface area (Å²) >= 11 is 0. The molecule has 0 aliphatic carbocycles. The van der Waals surface area contributed by atoms with Gasteiger partial charge in [-0.3, -0.25) is 0 Å². The normalized spacial score (nSPS) is 14.4. The van der Waals surface area contributed by atoms with Crippen molar-refractivity contribution in [1.29, 1.82) is 0 Å². The van der Waals surface area contributed by atoms with Crippen LogP contribution in [0.15, 0.2) is 24.3 Å². The van der Waals surface area contributed by atoms with Crippen LogP contribution in [0.5, 0.6) is 5.75 Å². The first-order chi connectivity index (χ1) is 8.22. The molecule has 0 amide bonds. The molecule has 17 heavy (non-hydrogen) atoms. The lowest BCUT2D eigenvalue weighted by molar-refractivity contribution is 0.381. The second-order valence-corrected chi connectivity index (χ2v) is 4.56. The van der Waals surface area contributed by atoms with Crippen LogP contribution in [-0.4, -0.2) is 13.2 Å². The van der Waals surface area contributed by atoms with Crippen LogP contribution < -0.4 is 10.1 Å². The molecule has 0 heterocycles. The number of nitrogens with one attached hydrogen (secondary N) is 1. The summed E-state index contributed by atoms with van der Waals surface area (Å²) in [5.41, 5.74) is 1.26. The van der Waals surface area contributed by atoms with Gasteiger partial charge >= 0.3 is 0 Å². The van der Waals surface area contributed by atoms with Gasteiger partial charge in [-0.05, 0) is 25.8 Å². The molecule has 1 rings (SSSR count). The molecule has 2 atom stereocenters. The Morgan fingerprint density at radius 1 is 1.24 bits per heavy atom. The van der Waals surface area contributed by atoms with E-state index >= 15 is 0 Å². The van der Waals surface area contributed by atoms with Gasteiger partial charge < -0.3 is 10.1 Å². The molecule has 0 spiro atoms. The number of para-hydroxylation sites is 1. The molecule has 0 saturated heterocycles. The summed E-state index contributed by atoms with van der Waals surface area (Å²) in [5, 5.41) is 3.68. The molecule has 0 aliphatic heterocycles. The Morgan fingerprint density at radius 3 is 2.53 bits per heavy atom. The van der Waals surface area contributed by atoms with Gasteiger partial charge in [0.2, 0.25) is 0 Å². The monoisotopic (exact) mass is 235 g/mol. The lowest BCUT2D eigenvalue weighted by Gasteiger charge is -2.24. The summed E-state index contributed by atoms with van der Waals surface area (Å²) in [6.45, 7) is 6.69. The van der Waals surface area contributed by atoms with Crippen molar-refractivity contribution in [2.24, 2.45) is 0 Å². The number of hydrogen-bond donors (Lipinski definition) is 1. The van der Waals surface area contributed by atoms with E-state index < -0.39 is 0 Å². The molecular weight excluding hydrogens is 210 g/mol. The number of rotatable bonds is 7. The maximum absolute atomic E-state index is 5.43. The number of benzene rings is 1. The molecule has 1 aromatic rings. The van der Waals surface area contributed by atoms with Gasteiger partial charge in [0.15, 0.2) is 0 Å². The zero-order chi connectivity index (χ0) is 12.7. The van der Waals surface area contributed by atoms with E-state index in [-0.39, 0.29) is 0 Å². The summed E-state index contributed by atoms with van der Waals surface area (Å²) in [6, 6.07) is 9.21. The average Bonchev–Trinajstić information content (AvgIpc) is 2.36. The molecule has 0 fully saturated rings. The van der Waals surface area contributed by atoms with Crippen LogP contribution in [0, 0.1) is 0 Å². The van der Waals surface area contributed by atoms with Crippen LogP contribution in [-0.2, 0) is 0 Å². The molecular formula is C15H25NO. The standard InChI is InChI=1S/C15H25NO/c1-5-9-12(3)16-14(6-2)13-10-7-8-11-15(13)17-4/h7-8,10-12,14,16H,5-6,9H2,1-4H3. The number of ether oxygens (including phenoxy) is 1. The lowest BCUT2D eigenvalue weighted by atomic mass is 10.0. The van der Waals surface area contributed by atoms with Gasteiger partial charge in [0.1, 0.15) is 5.75 Å². The van der Waals surface area contributed by atoms with E-state index in [1.807, 2.05) is 12.1 Å². The molecule has 2 heteroatoms. The largest absolute Gasteiger partial charge is 0.496 e. The van der Waals surface area contributed by atoms with Crippen molar-refractivity contribution in [3.05, 3.63) is 29.8 Å². The van der Waals surface area contributed by atoms with Crippen LogP contribution in [0.4, 0.5) is 0 Å². The van der Waals surface area contributed by atoms with Gasteiger partial charge in [-0.2, -0.15) is 0 Å². The van der Waals surface area contributed by atoms with Crippen LogP contribution in [0.1, 0.15) is 51.6 Å². The first-order valence-corrected chi connectivity index (χ1v) is 6.61. The lowest BCUT2D eigenvalue weighted by Crippen LogP contribution is -2.30. The maximum Gasteiger partial charge on any atom is 0.123 e. The van der Waals surface area contributed by atoms with Crippen molar-refractivity contribution in [3.63, 3.8) is 0 Å². The summed E-state index contributed by atoms with van der Waals surface area (Å²) in [7, 11) is 1.74. The van der Waals surface area contributed by atoms with E-state index in [4.69, 9.17) is 4.74 Å². The van der Waals surface area contributed by atoms with Crippen molar-refractivity contribution in [2.45, 2.75) is 52.1 Å². The Labute approximate surface area is 105 Å². The van der Waals surface area contributed by atoms with E-state index in [1.54, 1.807) is 7.11 Å². The first kappa shape index (κ1) is 14.0. The highest BCUT2D eigenvalue weighted by atomic mass is 16.5. The van der Waals surface area contributed by atoms with Gasteiger partial charge in [-0.15, -0.1) is 0 Å². The van der Waals surface area contributed by atoms with Crippen LogP contribution in [0.2, 0.25) is 0 Å². The highest BCUT2D eigenvalue weighted by molar-refractivity contribution is 5.35. The Kier molecular flexibility index (Phi) is 6.06. The molecule has 2 unspecified atom stereocenters. The van der Waals surface area contributed by atoms with Crippen molar-refractivity contribution in [3.8, 4) is 5.75 Å². The Balaban J connectivity index is 2.78. The molecule has 2 nitrogen and oxygen atoms in total. The second kappa shape index (κ2) is 7.33. The van der Waals surface area contributed by atoms with Crippen molar-refractivity contribution in [1.82, 2.24) is 5.32 Å². The Morgan fingerprint density at radius 2 is 1.94 bits per heavy atom. The van der Waals surface area contributed by atoms with Gasteiger partial charge in [-0.1, -0.05) is 38.5 Å². The van der Waals surface area contributed by atoms with Gasteiger partial charge in [0.25, 0.3) is 0 Å². The zero-order valence-electron chi connectivity index (χ0n) is 11.5. The van der Waals surface area contributed by atoms with Crippen LogP contribution in [0.25, 0.3) is 0 Å². The third kappa shape index (κ3) is 4.04. The Bertz CT molecular complexity index is 324. The fraction of sp³-hybridized carbons (Fsp3) is 0.600. The summed E-state index contributed by atoms with van der Waals surface area (Å²) in [4.78, 5) is 0. The molecule has 1 N–H and O–H groups in total. The molecule has 0 bridgehead atoms. The first-order valence-electron chi connectivity index (χ1n) is 6.61. The highest BCUT2D eigenvalue weighted by Crippen LogP contribution is 2.27. The molecule has 1 aromatic carbocycles.